The summed E-state index contributed by atoms with van der Waals surface area (Å²) in [6.45, 7) is 0.503. The topological polar surface area (TPSA) is 87.1 Å². The van der Waals surface area contributed by atoms with Gasteiger partial charge in [-0.15, -0.1) is 0 Å². The Morgan fingerprint density at radius 1 is 0.792 bits per heavy atom. The summed E-state index contributed by atoms with van der Waals surface area (Å²) >= 11 is 0. The van der Waals surface area contributed by atoms with Crippen LogP contribution in [-0.4, -0.2) is 35.2 Å². The van der Waals surface area contributed by atoms with Gasteiger partial charge < -0.3 is 19.8 Å². The van der Waals surface area contributed by atoms with E-state index in [0.29, 0.717) is 5.75 Å². The van der Waals surface area contributed by atoms with E-state index < -0.39 is 11.9 Å². The number of carboxylic acids is 2. The van der Waals surface area contributed by atoms with Crippen LogP contribution < -0.4 is 9.64 Å². The van der Waals surface area contributed by atoms with Gasteiger partial charge in [0.25, 0.3) is 0 Å². The smallest absolute Gasteiger partial charge is 0.305 e. The first kappa shape index (κ1) is 17.3. The quantitative estimate of drug-likeness (QED) is 0.734. The van der Waals surface area contributed by atoms with Gasteiger partial charge in [-0.1, -0.05) is 18.2 Å². The van der Waals surface area contributed by atoms with Gasteiger partial charge in [0.05, 0.1) is 12.8 Å². The van der Waals surface area contributed by atoms with Gasteiger partial charge in [-0.2, -0.15) is 0 Å². The minimum absolute atomic E-state index is 0.0537. The molecule has 24 heavy (non-hydrogen) atoms. The molecule has 2 rings (SSSR count). The van der Waals surface area contributed by atoms with Crippen LogP contribution in [0.5, 0.6) is 11.5 Å². The monoisotopic (exact) mass is 329 g/mol. The normalized spacial score (nSPS) is 10.2. The van der Waals surface area contributed by atoms with Crippen molar-refractivity contribution < 1.29 is 24.5 Å². The van der Waals surface area contributed by atoms with Crippen molar-refractivity contribution in [2.75, 3.05) is 18.0 Å². The van der Waals surface area contributed by atoms with Crippen molar-refractivity contribution in [2.45, 2.75) is 12.8 Å². The first-order valence-electron chi connectivity index (χ1n) is 7.56. The molecule has 0 spiro atoms. The van der Waals surface area contributed by atoms with Crippen molar-refractivity contribution >= 4 is 17.6 Å². The summed E-state index contributed by atoms with van der Waals surface area (Å²) in [6.07, 6.45) is -0.107. The van der Waals surface area contributed by atoms with E-state index in [0.717, 1.165) is 11.4 Å². The molecule has 0 unspecified atom stereocenters. The van der Waals surface area contributed by atoms with Crippen LogP contribution in [0.1, 0.15) is 12.8 Å². The fourth-order valence-corrected chi connectivity index (χ4v) is 2.18. The molecule has 0 radical (unpaired) electrons. The minimum Gasteiger partial charge on any atom is -0.481 e. The van der Waals surface area contributed by atoms with E-state index in [1.54, 1.807) is 29.2 Å². The van der Waals surface area contributed by atoms with Crippen molar-refractivity contribution in [2.24, 2.45) is 0 Å². The van der Waals surface area contributed by atoms with Gasteiger partial charge in [-0.3, -0.25) is 9.59 Å². The lowest BCUT2D eigenvalue weighted by Gasteiger charge is -2.23. The molecule has 2 aromatic carbocycles. The van der Waals surface area contributed by atoms with E-state index in [4.69, 9.17) is 14.9 Å². The Morgan fingerprint density at radius 2 is 1.29 bits per heavy atom. The first-order valence-corrected chi connectivity index (χ1v) is 7.56. The number of carbonyl (C=O) groups is 2. The largest absolute Gasteiger partial charge is 0.481 e. The molecule has 0 fully saturated rings. The Hall–Kier alpha value is -3.02. The number of rotatable bonds is 9. The number of para-hydroxylation sites is 1. The summed E-state index contributed by atoms with van der Waals surface area (Å²) in [5.74, 6) is -0.459. The van der Waals surface area contributed by atoms with Crippen LogP contribution in [0, 0.1) is 0 Å². The number of anilines is 1. The molecule has 0 saturated carbocycles. The molecule has 0 saturated heterocycles. The van der Waals surface area contributed by atoms with Gasteiger partial charge in [0.2, 0.25) is 0 Å². The van der Waals surface area contributed by atoms with E-state index >= 15 is 0 Å². The van der Waals surface area contributed by atoms with Crippen LogP contribution >= 0.6 is 0 Å². The standard InChI is InChI=1S/C18H19NO5/c20-17(21)10-12-19(13-11-18(22)23)14-6-8-16(9-7-14)24-15-4-2-1-3-5-15/h1-9H,10-13H2,(H,20,21)(H,22,23). The van der Waals surface area contributed by atoms with Crippen molar-refractivity contribution in [3.63, 3.8) is 0 Å². The zero-order chi connectivity index (χ0) is 17.4. The molecular formula is C18H19NO5. The highest BCUT2D eigenvalue weighted by atomic mass is 16.5. The Kier molecular flexibility index (Phi) is 6.19. The molecule has 0 aromatic heterocycles. The predicted molar refractivity (Wildman–Crippen MR) is 89.7 cm³/mol. The summed E-state index contributed by atoms with van der Waals surface area (Å²) in [5.41, 5.74) is 0.762. The maximum Gasteiger partial charge on any atom is 0.305 e. The molecule has 0 amide bonds. The highest BCUT2D eigenvalue weighted by Crippen LogP contribution is 2.24. The van der Waals surface area contributed by atoms with Crippen molar-refractivity contribution in [3.05, 3.63) is 54.6 Å². The van der Waals surface area contributed by atoms with Gasteiger partial charge in [-0.25, -0.2) is 0 Å². The number of ether oxygens (including phenoxy) is 1. The SMILES string of the molecule is O=C(O)CCN(CCC(=O)O)c1ccc(Oc2ccccc2)cc1. The first-order chi connectivity index (χ1) is 11.5. The lowest BCUT2D eigenvalue weighted by molar-refractivity contribution is -0.137. The molecule has 0 atom stereocenters. The summed E-state index contributed by atoms with van der Waals surface area (Å²) in [5, 5.41) is 17.7. The molecular weight excluding hydrogens is 310 g/mol. The number of nitrogens with zero attached hydrogens (tertiary/aromatic N) is 1. The van der Waals surface area contributed by atoms with Crippen LogP contribution in [0.4, 0.5) is 5.69 Å². The Morgan fingerprint density at radius 3 is 1.79 bits per heavy atom. The zero-order valence-corrected chi connectivity index (χ0v) is 13.1. The van der Waals surface area contributed by atoms with Gasteiger partial charge in [0.15, 0.2) is 0 Å². The second kappa shape index (κ2) is 8.57. The Bertz CT molecular complexity index is 652. The van der Waals surface area contributed by atoms with Gasteiger partial charge in [0, 0.05) is 18.8 Å². The van der Waals surface area contributed by atoms with Crippen LogP contribution in [0.2, 0.25) is 0 Å². The van der Waals surface area contributed by atoms with E-state index in [1.807, 2.05) is 30.3 Å². The lowest BCUT2D eigenvalue weighted by Crippen LogP contribution is -2.28. The number of carboxylic acid groups (broad SMARTS) is 2. The van der Waals surface area contributed by atoms with E-state index in [-0.39, 0.29) is 25.9 Å². The maximum absolute atomic E-state index is 10.8. The Labute approximate surface area is 139 Å². The third kappa shape index (κ3) is 5.64. The second-order valence-corrected chi connectivity index (χ2v) is 5.18. The number of hydrogen-bond donors (Lipinski definition) is 2. The van der Waals surface area contributed by atoms with Gasteiger partial charge in [-0.05, 0) is 36.4 Å². The van der Waals surface area contributed by atoms with Crippen LogP contribution in [0.3, 0.4) is 0 Å². The predicted octanol–water partition coefficient (Wildman–Crippen LogP) is 3.23. The molecule has 0 aliphatic heterocycles. The fraction of sp³-hybridized carbons (Fsp3) is 0.222. The summed E-state index contributed by atoms with van der Waals surface area (Å²) < 4.78 is 5.70. The molecule has 0 heterocycles. The average molecular weight is 329 g/mol. The van der Waals surface area contributed by atoms with Gasteiger partial charge in [0.1, 0.15) is 11.5 Å². The number of aliphatic carboxylic acids is 2. The molecule has 126 valence electrons. The van der Waals surface area contributed by atoms with E-state index in [9.17, 15) is 9.59 Å². The number of benzene rings is 2. The average Bonchev–Trinajstić information content (AvgIpc) is 2.56. The molecule has 0 aliphatic carbocycles. The minimum atomic E-state index is -0.917. The van der Waals surface area contributed by atoms with Gasteiger partial charge >= 0.3 is 11.9 Å². The molecule has 2 N–H and O–H groups in total. The molecule has 2 aromatic rings. The van der Waals surface area contributed by atoms with E-state index in [2.05, 4.69) is 0 Å². The lowest BCUT2D eigenvalue weighted by atomic mass is 10.2. The summed E-state index contributed by atoms with van der Waals surface area (Å²) in [7, 11) is 0. The van der Waals surface area contributed by atoms with Crippen molar-refractivity contribution in [1.82, 2.24) is 0 Å². The summed E-state index contributed by atoms with van der Waals surface area (Å²) in [6, 6.07) is 16.5. The third-order valence-corrected chi connectivity index (χ3v) is 3.37. The highest BCUT2D eigenvalue weighted by molar-refractivity contribution is 5.69. The number of hydrogen-bond acceptors (Lipinski definition) is 4. The maximum atomic E-state index is 10.8. The zero-order valence-electron chi connectivity index (χ0n) is 13.1. The molecule has 6 heteroatoms. The Balaban J connectivity index is 2.05. The van der Waals surface area contributed by atoms with Crippen molar-refractivity contribution in [3.8, 4) is 11.5 Å². The highest BCUT2D eigenvalue weighted by Gasteiger charge is 2.11. The molecule has 0 aliphatic rings. The van der Waals surface area contributed by atoms with Crippen LogP contribution in [0.25, 0.3) is 0 Å². The molecule has 6 nitrogen and oxygen atoms in total. The third-order valence-electron chi connectivity index (χ3n) is 3.37. The summed E-state index contributed by atoms with van der Waals surface area (Å²) in [4.78, 5) is 23.3. The van der Waals surface area contributed by atoms with E-state index in [1.165, 1.54) is 0 Å². The van der Waals surface area contributed by atoms with Crippen LogP contribution in [0.15, 0.2) is 54.6 Å². The van der Waals surface area contributed by atoms with Crippen molar-refractivity contribution in [1.29, 1.82) is 0 Å². The second-order valence-electron chi connectivity index (χ2n) is 5.18. The van der Waals surface area contributed by atoms with Crippen LogP contribution in [-0.2, 0) is 9.59 Å². The molecule has 0 bridgehead atoms. The fourth-order valence-electron chi connectivity index (χ4n) is 2.18.